The van der Waals surface area contributed by atoms with Gasteiger partial charge < -0.3 is 15.8 Å². The Morgan fingerprint density at radius 1 is 1.59 bits per heavy atom. The second kappa shape index (κ2) is 4.94. The summed E-state index contributed by atoms with van der Waals surface area (Å²) in [4.78, 5) is 14.3. The lowest BCUT2D eigenvalue weighted by Crippen LogP contribution is -2.58. The molecule has 0 unspecified atom stereocenters. The van der Waals surface area contributed by atoms with Crippen LogP contribution in [0.15, 0.2) is 5.16 Å². The molecule has 0 spiro atoms. The summed E-state index contributed by atoms with van der Waals surface area (Å²) in [5.41, 5.74) is 4.95. The van der Waals surface area contributed by atoms with Gasteiger partial charge in [-0.05, 0) is 39.5 Å². The molecule has 1 aliphatic rings. The Labute approximate surface area is 103 Å². The molecule has 1 saturated carbocycles. The zero-order valence-corrected chi connectivity index (χ0v) is 11.1. The maximum Gasteiger partial charge on any atom is 0.236 e. The van der Waals surface area contributed by atoms with E-state index in [4.69, 9.17) is 10.9 Å². The van der Waals surface area contributed by atoms with Crippen LogP contribution < -0.4 is 5.73 Å². The van der Waals surface area contributed by atoms with Crippen LogP contribution in [0.5, 0.6) is 0 Å². The highest BCUT2D eigenvalue weighted by Gasteiger charge is 2.53. The minimum atomic E-state index is -0.769. The number of carbonyl (C=O) groups excluding carboxylic acids is 1. The van der Waals surface area contributed by atoms with E-state index in [1.807, 2.05) is 20.8 Å². The van der Waals surface area contributed by atoms with Gasteiger partial charge in [-0.2, -0.15) is 0 Å². The highest BCUT2D eigenvalue weighted by atomic mass is 16.4. The van der Waals surface area contributed by atoms with Crippen molar-refractivity contribution in [3.05, 3.63) is 0 Å². The maximum atomic E-state index is 12.5. The van der Waals surface area contributed by atoms with Crippen molar-refractivity contribution in [2.45, 2.75) is 46.6 Å². The molecule has 0 bridgehead atoms. The highest BCUT2D eigenvalue weighted by Crippen LogP contribution is 2.47. The zero-order valence-electron chi connectivity index (χ0n) is 11.1. The van der Waals surface area contributed by atoms with Gasteiger partial charge >= 0.3 is 0 Å². The minimum absolute atomic E-state index is 0.0107. The molecule has 0 radical (unpaired) electrons. The number of amidine groups is 1. The Morgan fingerprint density at radius 3 is 2.41 bits per heavy atom. The summed E-state index contributed by atoms with van der Waals surface area (Å²) in [5.74, 6) is 0.494. The normalized spacial score (nSPS) is 29.0. The summed E-state index contributed by atoms with van der Waals surface area (Å²) < 4.78 is 0. The lowest BCUT2D eigenvalue weighted by Gasteiger charge is -2.47. The fourth-order valence-electron chi connectivity index (χ4n) is 2.74. The average Bonchev–Trinajstić information content (AvgIpc) is 2.23. The van der Waals surface area contributed by atoms with Crippen molar-refractivity contribution in [2.75, 3.05) is 6.54 Å². The third-order valence-electron chi connectivity index (χ3n) is 3.63. The number of rotatable bonds is 4. The molecule has 1 amide bonds. The monoisotopic (exact) mass is 241 g/mol. The molecule has 17 heavy (non-hydrogen) atoms. The van der Waals surface area contributed by atoms with E-state index in [1.54, 1.807) is 4.90 Å². The van der Waals surface area contributed by atoms with Crippen molar-refractivity contribution in [1.29, 1.82) is 0 Å². The van der Waals surface area contributed by atoms with Crippen molar-refractivity contribution in [2.24, 2.45) is 22.2 Å². The lowest BCUT2D eigenvalue weighted by molar-refractivity contribution is -0.146. The standard InChI is InChI=1S/C12H23N3O2/c1-5-15(8(2)3)11(16)12(10(13)14-17)6-9(4)7-12/h8-9,17H,5-7H2,1-4H3,(H2,13,14). The molecule has 5 heteroatoms. The van der Waals surface area contributed by atoms with Gasteiger partial charge in [0.1, 0.15) is 5.41 Å². The molecule has 0 aliphatic heterocycles. The van der Waals surface area contributed by atoms with E-state index in [0.717, 1.165) is 0 Å². The van der Waals surface area contributed by atoms with Crippen molar-refractivity contribution in [3.63, 3.8) is 0 Å². The van der Waals surface area contributed by atoms with E-state index in [-0.39, 0.29) is 17.8 Å². The summed E-state index contributed by atoms with van der Waals surface area (Å²) in [6, 6.07) is 0.131. The Hall–Kier alpha value is -1.26. The van der Waals surface area contributed by atoms with Crippen LogP contribution in [-0.2, 0) is 4.79 Å². The third-order valence-corrected chi connectivity index (χ3v) is 3.63. The highest BCUT2D eigenvalue weighted by molar-refractivity contribution is 6.07. The molecule has 0 aromatic rings. The predicted octanol–water partition coefficient (Wildman–Crippen LogP) is 1.41. The van der Waals surface area contributed by atoms with Crippen LogP contribution in [0, 0.1) is 11.3 Å². The second-order valence-electron chi connectivity index (χ2n) is 5.27. The van der Waals surface area contributed by atoms with Gasteiger partial charge in [-0.3, -0.25) is 4.79 Å². The van der Waals surface area contributed by atoms with Crippen LogP contribution in [0.1, 0.15) is 40.5 Å². The van der Waals surface area contributed by atoms with Gasteiger partial charge in [0.15, 0.2) is 5.84 Å². The number of hydrogen-bond donors (Lipinski definition) is 2. The van der Waals surface area contributed by atoms with Gasteiger partial charge in [0.05, 0.1) is 0 Å². The van der Waals surface area contributed by atoms with Gasteiger partial charge in [-0.15, -0.1) is 0 Å². The number of nitrogens with zero attached hydrogens (tertiary/aromatic N) is 2. The summed E-state index contributed by atoms with van der Waals surface area (Å²) in [7, 11) is 0. The first kappa shape index (κ1) is 13.8. The Balaban J connectivity index is 2.97. The van der Waals surface area contributed by atoms with Crippen molar-refractivity contribution >= 4 is 11.7 Å². The maximum absolute atomic E-state index is 12.5. The molecule has 0 aromatic carbocycles. The van der Waals surface area contributed by atoms with Crippen LogP contribution in [0.4, 0.5) is 0 Å². The molecule has 5 nitrogen and oxygen atoms in total. The number of carbonyl (C=O) groups is 1. The van der Waals surface area contributed by atoms with Gasteiger partial charge in [0.25, 0.3) is 0 Å². The predicted molar refractivity (Wildman–Crippen MR) is 66.8 cm³/mol. The van der Waals surface area contributed by atoms with E-state index in [0.29, 0.717) is 25.3 Å². The van der Waals surface area contributed by atoms with E-state index in [2.05, 4.69) is 12.1 Å². The van der Waals surface area contributed by atoms with Crippen molar-refractivity contribution in [3.8, 4) is 0 Å². The Bertz CT molecular complexity index is 320. The quantitative estimate of drug-likeness (QED) is 0.338. The van der Waals surface area contributed by atoms with Crippen LogP contribution in [0.3, 0.4) is 0 Å². The molecule has 0 heterocycles. The smallest absolute Gasteiger partial charge is 0.236 e. The molecule has 1 fully saturated rings. The first-order chi connectivity index (χ1) is 7.89. The van der Waals surface area contributed by atoms with Crippen LogP contribution in [-0.4, -0.2) is 34.4 Å². The summed E-state index contributed by atoms with van der Waals surface area (Å²) in [5, 5.41) is 11.9. The average molecular weight is 241 g/mol. The molecular formula is C12H23N3O2. The van der Waals surface area contributed by atoms with E-state index in [9.17, 15) is 4.79 Å². The second-order valence-corrected chi connectivity index (χ2v) is 5.27. The van der Waals surface area contributed by atoms with Gasteiger partial charge in [-0.1, -0.05) is 12.1 Å². The number of nitrogens with two attached hydrogens (primary N) is 1. The topological polar surface area (TPSA) is 78.9 Å². The molecule has 0 aromatic heterocycles. The van der Waals surface area contributed by atoms with Gasteiger partial charge in [0.2, 0.25) is 5.91 Å². The molecule has 0 saturated heterocycles. The molecule has 0 atom stereocenters. The minimum Gasteiger partial charge on any atom is -0.409 e. The molecule has 3 N–H and O–H groups in total. The molecule has 98 valence electrons. The largest absolute Gasteiger partial charge is 0.409 e. The Kier molecular flexibility index (Phi) is 4.01. The number of hydrogen-bond acceptors (Lipinski definition) is 3. The number of amides is 1. The van der Waals surface area contributed by atoms with Crippen molar-refractivity contribution in [1.82, 2.24) is 4.90 Å². The lowest BCUT2D eigenvalue weighted by atomic mass is 9.61. The fraction of sp³-hybridized carbons (Fsp3) is 0.833. The molecular weight excluding hydrogens is 218 g/mol. The number of oxime groups is 1. The van der Waals surface area contributed by atoms with Crippen LogP contribution in [0.25, 0.3) is 0 Å². The summed E-state index contributed by atoms with van der Waals surface area (Å²) >= 11 is 0. The van der Waals surface area contributed by atoms with Crippen LogP contribution >= 0.6 is 0 Å². The molecule has 1 rings (SSSR count). The molecule has 1 aliphatic carbocycles. The summed E-state index contributed by atoms with van der Waals surface area (Å²) in [6.45, 7) is 8.61. The fourth-order valence-corrected chi connectivity index (χ4v) is 2.74. The van der Waals surface area contributed by atoms with Crippen molar-refractivity contribution < 1.29 is 10.0 Å². The van der Waals surface area contributed by atoms with Gasteiger partial charge in [0, 0.05) is 12.6 Å². The Morgan fingerprint density at radius 2 is 2.12 bits per heavy atom. The summed E-state index contributed by atoms with van der Waals surface area (Å²) in [6.07, 6.45) is 1.34. The zero-order chi connectivity index (χ0) is 13.2. The first-order valence-electron chi connectivity index (χ1n) is 6.18. The van der Waals surface area contributed by atoms with E-state index < -0.39 is 5.41 Å². The van der Waals surface area contributed by atoms with Gasteiger partial charge in [-0.25, -0.2) is 0 Å². The van der Waals surface area contributed by atoms with E-state index >= 15 is 0 Å². The SMILES string of the molecule is CCN(C(=O)C1(C(N)=NO)CC(C)C1)C(C)C. The van der Waals surface area contributed by atoms with Crippen LogP contribution in [0.2, 0.25) is 0 Å². The van der Waals surface area contributed by atoms with E-state index in [1.165, 1.54) is 0 Å². The third kappa shape index (κ3) is 2.23. The first-order valence-corrected chi connectivity index (χ1v) is 6.18.